The molecule has 7 heteroatoms. The zero-order valence-corrected chi connectivity index (χ0v) is 10.9. The Morgan fingerprint density at radius 3 is 3.33 bits per heavy atom. The van der Waals surface area contributed by atoms with E-state index in [1.165, 1.54) is 11.8 Å². The number of rotatable bonds is 3. The molecule has 1 aliphatic rings. The Labute approximate surface area is 110 Å². The number of thioether (sulfide) groups is 1. The van der Waals surface area contributed by atoms with E-state index in [1.807, 2.05) is 12.4 Å². The minimum absolute atomic E-state index is 0.0920. The topological polar surface area (TPSA) is 86.1 Å². The predicted octanol–water partition coefficient (Wildman–Crippen LogP) is 1.42. The summed E-state index contributed by atoms with van der Waals surface area (Å²) >= 11 is 1.42. The first-order valence-corrected chi connectivity index (χ1v) is 6.93. The Morgan fingerprint density at radius 1 is 1.78 bits per heavy atom. The van der Waals surface area contributed by atoms with Gasteiger partial charge < -0.3 is 9.72 Å². The van der Waals surface area contributed by atoms with Crippen LogP contribution in [0.2, 0.25) is 0 Å². The summed E-state index contributed by atoms with van der Waals surface area (Å²) in [6.45, 7) is 0.579. The Kier molecular flexibility index (Phi) is 4.61. The molecule has 2 heterocycles. The van der Waals surface area contributed by atoms with Crippen molar-refractivity contribution >= 4 is 16.9 Å². The van der Waals surface area contributed by atoms with Crippen LogP contribution in [0.1, 0.15) is 24.6 Å². The quantitative estimate of drug-likeness (QED) is 0.373. The van der Waals surface area contributed by atoms with Crippen LogP contribution in [0, 0.1) is 11.5 Å². The highest BCUT2D eigenvalue weighted by Gasteiger charge is 2.27. The summed E-state index contributed by atoms with van der Waals surface area (Å²) in [5.74, 6) is 0. The molecule has 1 fully saturated rings. The lowest BCUT2D eigenvalue weighted by atomic mass is 10.1. The molecule has 0 bridgehead atoms. The molecule has 1 saturated heterocycles. The zero-order valence-electron chi connectivity index (χ0n) is 10.1. The second-order valence-corrected chi connectivity index (χ2v) is 4.71. The third-order valence-electron chi connectivity index (χ3n) is 2.77. The van der Waals surface area contributed by atoms with Crippen molar-refractivity contribution in [2.45, 2.75) is 25.0 Å². The second kappa shape index (κ2) is 6.42. The number of aromatic amines is 1. The highest BCUT2D eigenvalue weighted by Crippen LogP contribution is 2.31. The van der Waals surface area contributed by atoms with Crippen molar-refractivity contribution in [2.24, 2.45) is 4.99 Å². The van der Waals surface area contributed by atoms with E-state index in [1.54, 1.807) is 12.5 Å². The largest absolute Gasteiger partial charge is 0.367 e. The molecule has 6 nitrogen and oxygen atoms in total. The van der Waals surface area contributed by atoms with E-state index in [9.17, 15) is 0 Å². The van der Waals surface area contributed by atoms with Crippen LogP contribution in [0.15, 0.2) is 17.5 Å². The Hall–Kier alpha value is -1.52. The number of aromatic nitrogens is 2. The van der Waals surface area contributed by atoms with Crippen molar-refractivity contribution in [3.8, 4) is 6.19 Å². The lowest BCUT2D eigenvalue weighted by molar-refractivity contribution is 0.0479. The molecule has 96 valence electrons. The molecule has 1 aliphatic heterocycles. The highest BCUT2D eigenvalue weighted by atomic mass is 32.2. The molecular weight excluding hydrogens is 250 g/mol. The van der Waals surface area contributed by atoms with Crippen molar-refractivity contribution < 1.29 is 4.74 Å². The second-order valence-electron chi connectivity index (χ2n) is 3.92. The Morgan fingerprint density at radius 2 is 2.67 bits per heavy atom. The van der Waals surface area contributed by atoms with Crippen LogP contribution in [-0.2, 0) is 4.74 Å². The number of hydrogen-bond donors (Lipinski definition) is 2. The predicted molar refractivity (Wildman–Crippen MR) is 70.0 cm³/mol. The van der Waals surface area contributed by atoms with Crippen molar-refractivity contribution in [2.75, 3.05) is 12.8 Å². The summed E-state index contributed by atoms with van der Waals surface area (Å²) in [5.41, 5.74) is 1.02. The Balaban J connectivity index is 1.84. The van der Waals surface area contributed by atoms with E-state index in [0.29, 0.717) is 11.7 Å². The summed E-state index contributed by atoms with van der Waals surface area (Å²) in [4.78, 5) is 11.4. The number of nitrogens with one attached hydrogen (secondary N) is 2. The molecule has 0 radical (unpaired) electrons. The molecule has 0 amide bonds. The average molecular weight is 265 g/mol. The molecule has 0 aliphatic carbocycles. The van der Waals surface area contributed by atoms with Gasteiger partial charge in [-0.05, 0) is 19.1 Å². The van der Waals surface area contributed by atoms with Crippen molar-refractivity contribution in [3.05, 3.63) is 18.2 Å². The van der Waals surface area contributed by atoms with Gasteiger partial charge in [-0.15, -0.1) is 0 Å². The molecule has 0 aromatic carbocycles. The van der Waals surface area contributed by atoms with E-state index in [-0.39, 0.29) is 12.2 Å². The molecule has 0 unspecified atom stereocenters. The van der Waals surface area contributed by atoms with Crippen LogP contribution in [-0.4, -0.2) is 34.0 Å². The number of ether oxygens (including phenoxy) is 1. The van der Waals surface area contributed by atoms with E-state index >= 15 is 0 Å². The maximum atomic E-state index is 8.53. The summed E-state index contributed by atoms with van der Waals surface area (Å²) in [5, 5.41) is 11.7. The average Bonchev–Trinajstić information content (AvgIpc) is 3.04. The fourth-order valence-electron chi connectivity index (χ4n) is 1.90. The maximum absolute atomic E-state index is 8.53. The SMILES string of the molecule is CSC(=NC[C@H]1CC[C@H](c2cnc[nH]2)O1)NC#N. The molecular formula is C11H15N5OS. The van der Waals surface area contributed by atoms with E-state index < -0.39 is 0 Å². The standard InChI is InChI=1S/C11H15N5OS/c1-18-11(15-6-12)14-4-8-2-3-10(17-8)9-5-13-7-16-9/h5,7-8,10H,2-4H2,1H3,(H,13,16)(H,14,15)/t8-,10-/m1/s1. The van der Waals surface area contributed by atoms with E-state index in [4.69, 9.17) is 10.00 Å². The number of nitrogens with zero attached hydrogens (tertiary/aromatic N) is 3. The molecule has 0 saturated carbocycles. The van der Waals surface area contributed by atoms with Gasteiger partial charge in [0.05, 0.1) is 37.0 Å². The zero-order chi connectivity index (χ0) is 12.8. The van der Waals surface area contributed by atoms with Crippen LogP contribution in [0.5, 0.6) is 0 Å². The number of amidine groups is 1. The minimum atomic E-state index is 0.0920. The third-order valence-corrected chi connectivity index (χ3v) is 3.39. The van der Waals surface area contributed by atoms with E-state index in [2.05, 4.69) is 20.3 Å². The van der Waals surface area contributed by atoms with Gasteiger partial charge in [-0.3, -0.25) is 10.3 Å². The number of imidazole rings is 1. The van der Waals surface area contributed by atoms with Crippen LogP contribution >= 0.6 is 11.8 Å². The lowest BCUT2D eigenvalue weighted by Crippen LogP contribution is -2.17. The van der Waals surface area contributed by atoms with Gasteiger partial charge >= 0.3 is 0 Å². The van der Waals surface area contributed by atoms with Gasteiger partial charge in [-0.2, -0.15) is 5.26 Å². The van der Waals surface area contributed by atoms with Crippen LogP contribution in [0.4, 0.5) is 0 Å². The molecule has 2 atom stereocenters. The summed E-state index contributed by atoms with van der Waals surface area (Å²) in [6, 6.07) is 0. The smallest absolute Gasteiger partial charge is 0.183 e. The molecule has 0 spiro atoms. The normalized spacial score (nSPS) is 23.9. The molecule has 18 heavy (non-hydrogen) atoms. The number of hydrogen-bond acceptors (Lipinski definition) is 5. The first kappa shape index (κ1) is 12.9. The number of H-pyrrole nitrogens is 1. The molecule has 1 aromatic heterocycles. The first-order chi connectivity index (χ1) is 8.83. The van der Waals surface area contributed by atoms with Gasteiger partial charge in [0.15, 0.2) is 11.4 Å². The van der Waals surface area contributed by atoms with Crippen molar-refractivity contribution in [3.63, 3.8) is 0 Å². The van der Waals surface area contributed by atoms with Crippen molar-refractivity contribution in [1.29, 1.82) is 5.26 Å². The molecule has 2 N–H and O–H groups in total. The Bertz CT molecular complexity index is 439. The number of aliphatic imine (C=N–C) groups is 1. The molecule has 2 rings (SSSR count). The van der Waals surface area contributed by atoms with Crippen LogP contribution in [0.3, 0.4) is 0 Å². The maximum Gasteiger partial charge on any atom is 0.183 e. The van der Waals surface area contributed by atoms with Gasteiger partial charge in [-0.25, -0.2) is 4.98 Å². The van der Waals surface area contributed by atoms with Gasteiger partial charge in [0.25, 0.3) is 0 Å². The van der Waals surface area contributed by atoms with Gasteiger partial charge in [0.1, 0.15) is 0 Å². The van der Waals surface area contributed by atoms with Crippen LogP contribution < -0.4 is 5.32 Å². The van der Waals surface area contributed by atoms with Crippen molar-refractivity contribution in [1.82, 2.24) is 15.3 Å². The van der Waals surface area contributed by atoms with Gasteiger partial charge in [0, 0.05) is 0 Å². The first-order valence-electron chi connectivity index (χ1n) is 5.70. The fraction of sp³-hybridized carbons (Fsp3) is 0.545. The van der Waals surface area contributed by atoms with E-state index in [0.717, 1.165) is 18.5 Å². The third kappa shape index (κ3) is 3.24. The highest BCUT2D eigenvalue weighted by molar-refractivity contribution is 8.13. The monoisotopic (exact) mass is 265 g/mol. The number of nitriles is 1. The summed E-state index contributed by atoms with van der Waals surface area (Å²) < 4.78 is 5.88. The lowest BCUT2D eigenvalue weighted by Gasteiger charge is -2.10. The fourth-order valence-corrected chi connectivity index (χ4v) is 2.25. The van der Waals surface area contributed by atoms with Gasteiger partial charge in [-0.1, -0.05) is 11.8 Å². The molecule has 1 aromatic rings. The summed E-state index contributed by atoms with van der Waals surface area (Å²) in [7, 11) is 0. The summed E-state index contributed by atoms with van der Waals surface area (Å²) in [6.07, 6.45) is 9.36. The van der Waals surface area contributed by atoms with Crippen LogP contribution in [0.25, 0.3) is 0 Å². The minimum Gasteiger partial charge on any atom is -0.367 e. The van der Waals surface area contributed by atoms with Gasteiger partial charge in [0.2, 0.25) is 0 Å².